The molecule has 1 aliphatic heterocycles. The molecule has 1 aliphatic rings. The Labute approximate surface area is 103 Å². The normalized spacial score (nSPS) is 25.6. The number of amides is 1. The first-order chi connectivity index (χ1) is 7.50. The zero-order valence-electron chi connectivity index (χ0n) is 11.4. The van der Waals surface area contributed by atoms with Crippen LogP contribution in [0.3, 0.4) is 0 Å². The summed E-state index contributed by atoms with van der Waals surface area (Å²) in [5.74, 6) is -0.510. The van der Waals surface area contributed by atoms with Crippen molar-refractivity contribution in [3.63, 3.8) is 0 Å². The van der Waals surface area contributed by atoms with Crippen molar-refractivity contribution < 1.29 is 14.3 Å². The van der Waals surface area contributed by atoms with E-state index < -0.39 is 26.5 Å². The monoisotopic (exact) mass is 258 g/mol. The maximum absolute atomic E-state index is 11.9. The molecule has 1 rings (SSSR count). The third-order valence-corrected chi connectivity index (χ3v) is 9.16. The molecule has 1 heterocycles. The van der Waals surface area contributed by atoms with Gasteiger partial charge < -0.3 is 15.0 Å². The molecule has 98 valence electrons. The molecule has 6 heteroatoms. The second-order valence-electron chi connectivity index (χ2n) is 6.04. The second kappa shape index (κ2) is 4.10. The molecule has 0 saturated carbocycles. The lowest BCUT2D eigenvalue weighted by atomic mass is 10.1. The van der Waals surface area contributed by atoms with Gasteiger partial charge in [0.25, 0.3) is 0 Å². The van der Waals surface area contributed by atoms with Crippen molar-refractivity contribution in [2.45, 2.75) is 58.1 Å². The van der Waals surface area contributed by atoms with Crippen LogP contribution in [0.15, 0.2) is 0 Å². The van der Waals surface area contributed by atoms with Crippen molar-refractivity contribution in [1.82, 2.24) is 4.57 Å². The number of hydrogen-bond donors (Lipinski definition) is 1. The predicted octanol–water partition coefficient (Wildman–Crippen LogP) is 1.05. The SMILES string of the molecule is CC(=O)O[C@H]1[C@H](N)C(=O)N1[Si](C)(C)C(C)(C)C. The van der Waals surface area contributed by atoms with Crippen LogP contribution in [-0.4, -0.2) is 36.9 Å². The molecular formula is C11H22N2O3Si. The van der Waals surface area contributed by atoms with E-state index in [1.54, 1.807) is 4.57 Å². The number of carbonyl (C=O) groups excluding carboxylic acids is 2. The Morgan fingerprint density at radius 1 is 1.41 bits per heavy atom. The summed E-state index contributed by atoms with van der Waals surface area (Å²) < 4.78 is 6.85. The Balaban J connectivity index is 2.96. The standard InChI is InChI=1S/C11H22N2O3Si/c1-7(14)16-10-8(12)9(15)13(10)17(5,6)11(2,3)4/h8,10H,12H2,1-6H3/t8-,10+/m1/s1. The average Bonchev–Trinajstić information content (AvgIpc) is 2.13. The largest absolute Gasteiger partial charge is 0.440 e. The summed E-state index contributed by atoms with van der Waals surface area (Å²) in [7, 11) is -2.03. The van der Waals surface area contributed by atoms with Crippen LogP contribution < -0.4 is 5.73 Å². The summed E-state index contributed by atoms with van der Waals surface area (Å²) in [6.07, 6.45) is -0.583. The minimum Gasteiger partial charge on any atom is -0.440 e. The smallest absolute Gasteiger partial charge is 0.304 e. The summed E-state index contributed by atoms with van der Waals surface area (Å²) >= 11 is 0. The quantitative estimate of drug-likeness (QED) is 0.456. The van der Waals surface area contributed by atoms with E-state index in [-0.39, 0.29) is 10.9 Å². The van der Waals surface area contributed by atoms with E-state index in [9.17, 15) is 9.59 Å². The molecule has 0 radical (unpaired) electrons. The molecule has 2 N–H and O–H groups in total. The first-order valence-corrected chi connectivity index (χ1v) is 8.71. The number of β-lactam (4-membered cyclic amide) rings is 1. The fraction of sp³-hybridized carbons (Fsp3) is 0.818. The molecule has 1 saturated heterocycles. The lowest BCUT2D eigenvalue weighted by molar-refractivity contribution is -0.176. The highest BCUT2D eigenvalue weighted by atomic mass is 28.3. The van der Waals surface area contributed by atoms with Gasteiger partial charge in [0.15, 0.2) is 14.5 Å². The number of carbonyl (C=O) groups is 2. The lowest BCUT2D eigenvalue weighted by Gasteiger charge is -2.56. The van der Waals surface area contributed by atoms with Gasteiger partial charge in [0, 0.05) is 6.92 Å². The summed E-state index contributed by atoms with van der Waals surface area (Å²) in [5, 5.41) is 0.00119. The van der Waals surface area contributed by atoms with Crippen LogP contribution in [0.2, 0.25) is 18.1 Å². The topological polar surface area (TPSA) is 72.6 Å². The van der Waals surface area contributed by atoms with E-state index in [0.29, 0.717) is 0 Å². The van der Waals surface area contributed by atoms with Gasteiger partial charge >= 0.3 is 5.97 Å². The van der Waals surface area contributed by atoms with Gasteiger partial charge in [-0.25, -0.2) is 0 Å². The highest BCUT2D eigenvalue weighted by Crippen LogP contribution is 2.42. The van der Waals surface area contributed by atoms with Crippen LogP contribution in [0.1, 0.15) is 27.7 Å². The van der Waals surface area contributed by atoms with Crippen molar-refractivity contribution in [2.24, 2.45) is 5.73 Å². The summed E-state index contributed by atoms with van der Waals surface area (Å²) in [6.45, 7) is 11.8. The predicted molar refractivity (Wildman–Crippen MR) is 67.6 cm³/mol. The van der Waals surface area contributed by atoms with E-state index in [1.807, 2.05) is 0 Å². The number of nitrogens with zero attached hydrogens (tertiary/aromatic N) is 1. The first-order valence-electron chi connectivity index (χ1n) is 5.76. The van der Waals surface area contributed by atoms with Crippen LogP contribution >= 0.6 is 0 Å². The van der Waals surface area contributed by atoms with Crippen LogP contribution in [0.5, 0.6) is 0 Å². The lowest BCUT2D eigenvalue weighted by Crippen LogP contribution is -2.78. The Hall–Kier alpha value is -0.883. The Morgan fingerprint density at radius 3 is 2.24 bits per heavy atom. The van der Waals surface area contributed by atoms with E-state index in [4.69, 9.17) is 10.5 Å². The van der Waals surface area contributed by atoms with E-state index in [0.717, 1.165) is 0 Å². The van der Waals surface area contributed by atoms with Gasteiger partial charge in [-0.15, -0.1) is 0 Å². The Kier molecular flexibility index (Phi) is 3.42. The molecule has 0 aromatic carbocycles. The average molecular weight is 258 g/mol. The van der Waals surface area contributed by atoms with Crippen molar-refractivity contribution in [3.8, 4) is 0 Å². The zero-order chi connectivity index (χ0) is 13.6. The summed E-state index contributed by atoms with van der Waals surface area (Å²) in [4.78, 5) is 22.9. The van der Waals surface area contributed by atoms with Gasteiger partial charge in [-0.05, 0) is 5.04 Å². The van der Waals surface area contributed by atoms with Crippen molar-refractivity contribution in [2.75, 3.05) is 0 Å². The maximum atomic E-state index is 11.9. The molecule has 0 spiro atoms. The van der Waals surface area contributed by atoms with Gasteiger partial charge in [0.05, 0.1) is 0 Å². The second-order valence-corrected chi connectivity index (χ2v) is 11.1. The molecule has 0 aromatic rings. The third-order valence-electron chi connectivity index (χ3n) is 3.81. The Bertz CT molecular complexity index is 349. The molecule has 2 atom stereocenters. The van der Waals surface area contributed by atoms with E-state index in [1.165, 1.54) is 6.92 Å². The summed E-state index contributed by atoms with van der Waals surface area (Å²) in [6, 6.07) is -0.701. The van der Waals surface area contributed by atoms with Gasteiger partial charge in [-0.1, -0.05) is 33.9 Å². The van der Waals surface area contributed by atoms with Crippen molar-refractivity contribution in [3.05, 3.63) is 0 Å². The molecule has 0 unspecified atom stereocenters. The van der Waals surface area contributed by atoms with Crippen LogP contribution in [0.25, 0.3) is 0 Å². The fourth-order valence-electron chi connectivity index (χ4n) is 1.74. The van der Waals surface area contributed by atoms with E-state index >= 15 is 0 Å². The highest BCUT2D eigenvalue weighted by Gasteiger charge is 2.57. The molecule has 0 aliphatic carbocycles. The molecule has 1 fully saturated rings. The molecule has 0 bridgehead atoms. The molecule has 0 aromatic heterocycles. The van der Waals surface area contributed by atoms with Crippen LogP contribution in [-0.2, 0) is 14.3 Å². The highest BCUT2D eigenvalue weighted by molar-refractivity contribution is 6.80. The van der Waals surface area contributed by atoms with Gasteiger partial charge in [0.1, 0.15) is 6.04 Å². The van der Waals surface area contributed by atoms with Gasteiger partial charge in [-0.3, -0.25) is 9.59 Å². The number of hydrogen-bond acceptors (Lipinski definition) is 4. The number of rotatable bonds is 2. The number of ether oxygens (including phenoxy) is 1. The van der Waals surface area contributed by atoms with Gasteiger partial charge in [0.2, 0.25) is 5.91 Å². The number of esters is 1. The van der Waals surface area contributed by atoms with E-state index in [2.05, 4.69) is 33.9 Å². The fourth-order valence-corrected chi connectivity index (χ4v) is 4.01. The third kappa shape index (κ3) is 2.23. The summed E-state index contributed by atoms with van der Waals surface area (Å²) in [5.41, 5.74) is 5.70. The van der Waals surface area contributed by atoms with Crippen LogP contribution in [0.4, 0.5) is 0 Å². The molecule has 17 heavy (non-hydrogen) atoms. The molecule has 5 nitrogen and oxygen atoms in total. The van der Waals surface area contributed by atoms with Crippen LogP contribution in [0, 0.1) is 0 Å². The van der Waals surface area contributed by atoms with Crippen molar-refractivity contribution >= 4 is 20.1 Å². The zero-order valence-corrected chi connectivity index (χ0v) is 12.4. The molecular weight excluding hydrogens is 236 g/mol. The minimum atomic E-state index is -2.03. The maximum Gasteiger partial charge on any atom is 0.304 e. The Morgan fingerprint density at radius 2 is 1.88 bits per heavy atom. The van der Waals surface area contributed by atoms with Crippen molar-refractivity contribution in [1.29, 1.82) is 0 Å². The van der Waals surface area contributed by atoms with Gasteiger partial charge in [-0.2, -0.15) is 0 Å². The minimum absolute atomic E-state index is 0.00119. The number of nitrogens with two attached hydrogens (primary N) is 1. The first kappa shape index (κ1) is 14.2. The molecule has 1 amide bonds.